The van der Waals surface area contributed by atoms with E-state index in [-0.39, 0.29) is 34.1 Å². The van der Waals surface area contributed by atoms with Gasteiger partial charge in [0, 0.05) is 30.6 Å². The van der Waals surface area contributed by atoms with Gasteiger partial charge >= 0.3 is 0 Å². The van der Waals surface area contributed by atoms with Gasteiger partial charge in [0.1, 0.15) is 4.21 Å². The van der Waals surface area contributed by atoms with Crippen LogP contribution in [0.3, 0.4) is 0 Å². The summed E-state index contributed by atoms with van der Waals surface area (Å²) in [5.74, 6) is 0.0363. The van der Waals surface area contributed by atoms with Crippen molar-refractivity contribution in [3.05, 3.63) is 17.0 Å². The van der Waals surface area contributed by atoms with Crippen LogP contribution in [0.25, 0.3) is 0 Å². The molecule has 28 heavy (non-hydrogen) atoms. The van der Waals surface area contributed by atoms with Gasteiger partial charge in [0.2, 0.25) is 5.91 Å². The highest BCUT2D eigenvalue weighted by atomic mass is 32.2. The summed E-state index contributed by atoms with van der Waals surface area (Å²) >= 11 is 1.14. The second-order valence-electron chi connectivity index (χ2n) is 7.51. The first-order valence-corrected chi connectivity index (χ1v) is 13.9. The predicted molar refractivity (Wildman–Crippen MR) is 110 cm³/mol. The molecule has 0 bridgehead atoms. The van der Waals surface area contributed by atoms with Crippen molar-refractivity contribution in [2.75, 3.05) is 31.1 Å². The van der Waals surface area contributed by atoms with Crippen LogP contribution in [0.5, 0.6) is 0 Å². The van der Waals surface area contributed by atoms with Gasteiger partial charge in [-0.1, -0.05) is 13.3 Å². The number of sulfone groups is 1. The van der Waals surface area contributed by atoms with Crippen molar-refractivity contribution in [3.8, 4) is 0 Å². The van der Waals surface area contributed by atoms with Gasteiger partial charge < -0.3 is 4.90 Å². The lowest BCUT2D eigenvalue weighted by Crippen LogP contribution is -2.42. The minimum absolute atomic E-state index is 0.0293. The summed E-state index contributed by atoms with van der Waals surface area (Å²) in [6, 6.07) is 3.02. The number of nitrogens with zero attached hydrogens (tertiary/aromatic N) is 2. The minimum Gasteiger partial charge on any atom is -0.338 e. The van der Waals surface area contributed by atoms with Gasteiger partial charge in [0.05, 0.1) is 17.9 Å². The fraction of sp³-hybridized carbons (Fsp3) is 0.722. The van der Waals surface area contributed by atoms with Crippen LogP contribution in [0.2, 0.25) is 0 Å². The molecule has 3 rings (SSSR count). The fourth-order valence-electron chi connectivity index (χ4n) is 3.76. The molecule has 0 saturated carbocycles. The van der Waals surface area contributed by atoms with Gasteiger partial charge in [-0.15, -0.1) is 11.3 Å². The minimum atomic E-state index is -3.47. The molecule has 2 aliphatic heterocycles. The zero-order valence-electron chi connectivity index (χ0n) is 16.2. The molecule has 2 saturated heterocycles. The first-order valence-electron chi connectivity index (χ1n) is 9.81. The molecule has 0 aliphatic carbocycles. The summed E-state index contributed by atoms with van der Waals surface area (Å²) in [4.78, 5) is 15.3. The molecular weight excluding hydrogens is 420 g/mol. The van der Waals surface area contributed by atoms with Crippen LogP contribution in [-0.4, -0.2) is 69.1 Å². The van der Waals surface area contributed by atoms with Gasteiger partial charge in [-0.05, 0) is 37.8 Å². The molecule has 1 aromatic heterocycles. The van der Waals surface area contributed by atoms with E-state index in [1.165, 1.54) is 4.31 Å². The molecule has 0 spiro atoms. The molecule has 1 unspecified atom stereocenters. The molecule has 2 aliphatic rings. The lowest BCUT2D eigenvalue weighted by atomic mass is 10.1. The van der Waals surface area contributed by atoms with Crippen LogP contribution in [0.1, 0.15) is 43.9 Å². The predicted octanol–water partition coefficient (Wildman–Crippen LogP) is 1.89. The summed E-state index contributed by atoms with van der Waals surface area (Å²) in [5, 5.41) is 0. The smallest absolute Gasteiger partial charge is 0.252 e. The van der Waals surface area contributed by atoms with Crippen molar-refractivity contribution in [2.24, 2.45) is 0 Å². The third-order valence-electron chi connectivity index (χ3n) is 5.34. The normalized spacial score (nSPS) is 22.5. The van der Waals surface area contributed by atoms with E-state index in [0.717, 1.165) is 37.0 Å². The average molecular weight is 449 g/mol. The van der Waals surface area contributed by atoms with E-state index in [4.69, 9.17) is 0 Å². The van der Waals surface area contributed by atoms with E-state index in [1.54, 1.807) is 17.0 Å². The molecule has 158 valence electrons. The lowest BCUT2D eigenvalue weighted by molar-refractivity contribution is -0.132. The Kier molecular flexibility index (Phi) is 6.84. The van der Waals surface area contributed by atoms with Crippen molar-refractivity contribution in [3.63, 3.8) is 0 Å². The number of rotatable bonds is 8. The van der Waals surface area contributed by atoms with Crippen molar-refractivity contribution in [1.29, 1.82) is 0 Å². The first-order chi connectivity index (χ1) is 13.2. The van der Waals surface area contributed by atoms with Gasteiger partial charge in [-0.25, -0.2) is 16.8 Å². The number of carbonyl (C=O) groups is 1. The second kappa shape index (κ2) is 8.81. The molecule has 10 heteroatoms. The largest absolute Gasteiger partial charge is 0.338 e. The van der Waals surface area contributed by atoms with E-state index in [2.05, 4.69) is 0 Å². The highest BCUT2D eigenvalue weighted by molar-refractivity contribution is 7.91. The summed E-state index contributed by atoms with van der Waals surface area (Å²) in [6.45, 7) is 3.67. The van der Waals surface area contributed by atoms with Crippen LogP contribution < -0.4 is 0 Å². The van der Waals surface area contributed by atoms with E-state index in [9.17, 15) is 21.6 Å². The Labute approximate surface area is 171 Å². The maximum atomic E-state index is 12.9. The van der Waals surface area contributed by atoms with E-state index in [1.807, 2.05) is 6.92 Å². The maximum Gasteiger partial charge on any atom is 0.252 e. The van der Waals surface area contributed by atoms with Crippen LogP contribution in [-0.2, 0) is 31.1 Å². The molecule has 7 nitrogen and oxygen atoms in total. The third kappa shape index (κ3) is 4.95. The highest BCUT2D eigenvalue weighted by Crippen LogP contribution is 2.28. The maximum absolute atomic E-state index is 12.9. The number of thiophene rings is 1. The Bertz CT molecular complexity index is 901. The van der Waals surface area contributed by atoms with Crippen molar-refractivity contribution >= 4 is 37.1 Å². The van der Waals surface area contributed by atoms with Crippen LogP contribution >= 0.6 is 11.3 Å². The zero-order valence-corrected chi connectivity index (χ0v) is 18.6. The standard InChI is InChI=1S/C18H28N2O5S3/c1-2-3-11-20(15-8-12-27(22,23)14-15)17(21)13-16-6-7-18(26-16)28(24,25)19-9-4-5-10-19/h6-7,15H,2-5,8-14H2,1H3. The monoisotopic (exact) mass is 448 g/mol. The molecular formula is C18H28N2O5S3. The Morgan fingerprint density at radius 3 is 2.61 bits per heavy atom. The number of amides is 1. The second-order valence-corrected chi connectivity index (χ2v) is 13.1. The number of sulfonamides is 1. The van der Waals surface area contributed by atoms with E-state index in [0.29, 0.717) is 30.9 Å². The van der Waals surface area contributed by atoms with Crippen LogP contribution in [0.15, 0.2) is 16.3 Å². The fourth-order valence-corrected chi connectivity index (χ4v) is 8.51. The summed E-state index contributed by atoms with van der Waals surface area (Å²) in [7, 11) is -6.54. The van der Waals surface area contributed by atoms with Crippen LogP contribution in [0, 0.1) is 0 Å². The molecule has 0 N–H and O–H groups in total. The quantitative estimate of drug-likeness (QED) is 0.606. The Balaban J connectivity index is 1.70. The van der Waals surface area contributed by atoms with Gasteiger partial charge in [-0.2, -0.15) is 4.31 Å². The lowest BCUT2D eigenvalue weighted by Gasteiger charge is -2.28. The molecule has 1 atom stereocenters. The van der Waals surface area contributed by atoms with Gasteiger partial charge in [-0.3, -0.25) is 4.79 Å². The average Bonchev–Trinajstić information content (AvgIpc) is 3.36. The number of carbonyl (C=O) groups excluding carboxylic acids is 1. The summed E-state index contributed by atoms with van der Waals surface area (Å²) < 4.78 is 50.8. The van der Waals surface area contributed by atoms with E-state index >= 15 is 0 Å². The Morgan fingerprint density at radius 1 is 1.29 bits per heavy atom. The molecule has 1 aromatic rings. The van der Waals surface area contributed by atoms with Crippen molar-refractivity contribution in [1.82, 2.24) is 9.21 Å². The Hall–Kier alpha value is -0.970. The molecule has 1 amide bonds. The zero-order chi connectivity index (χ0) is 20.4. The summed E-state index contributed by atoms with van der Waals surface area (Å²) in [6.07, 6.45) is 4.10. The number of hydrogen-bond donors (Lipinski definition) is 0. The third-order valence-corrected chi connectivity index (χ3v) is 10.5. The highest BCUT2D eigenvalue weighted by Gasteiger charge is 2.34. The molecule has 2 fully saturated rings. The molecule has 3 heterocycles. The molecule has 0 radical (unpaired) electrons. The Morgan fingerprint density at radius 2 is 2.00 bits per heavy atom. The van der Waals surface area contributed by atoms with Crippen molar-refractivity contribution < 1.29 is 21.6 Å². The van der Waals surface area contributed by atoms with E-state index < -0.39 is 19.9 Å². The van der Waals surface area contributed by atoms with Gasteiger partial charge in [0.15, 0.2) is 9.84 Å². The first kappa shape index (κ1) is 21.7. The molecule has 0 aromatic carbocycles. The van der Waals surface area contributed by atoms with Gasteiger partial charge in [0.25, 0.3) is 10.0 Å². The summed E-state index contributed by atoms with van der Waals surface area (Å²) in [5.41, 5.74) is 0. The topological polar surface area (TPSA) is 91.8 Å². The van der Waals surface area contributed by atoms with Crippen LogP contribution in [0.4, 0.5) is 0 Å². The van der Waals surface area contributed by atoms with Crippen molar-refractivity contribution in [2.45, 2.75) is 55.7 Å². The number of hydrogen-bond acceptors (Lipinski definition) is 6. The SMILES string of the molecule is CCCCN(C(=O)Cc1ccc(S(=O)(=O)N2CCCC2)s1)C1CCS(=O)(=O)C1. The number of unbranched alkanes of at least 4 members (excludes halogenated alkanes) is 1.